The molecule has 0 bridgehead atoms. The van der Waals surface area contributed by atoms with Gasteiger partial charge < -0.3 is 5.32 Å². The summed E-state index contributed by atoms with van der Waals surface area (Å²) < 4.78 is 0. The van der Waals surface area contributed by atoms with E-state index in [1.54, 1.807) is 18.0 Å². The highest BCUT2D eigenvalue weighted by atomic mass is 16.2. The fraction of sp³-hybridized carbons (Fsp3) is 0.269. The van der Waals surface area contributed by atoms with Crippen LogP contribution in [0.25, 0.3) is 11.1 Å². The summed E-state index contributed by atoms with van der Waals surface area (Å²) in [7, 11) is 0. The van der Waals surface area contributed by atoms with Gasteiger partial charge in [0.05, 0.1) is 18.3 Å². The molecule has 1 amide bonds. The van der Waals surface area contributed by atoms with Crippen LogP contribution in [0.1, 0.15) is 41.0 Å². The fourth-order valence-electron chi connectivity index (χ4n) is 4.05. The van der Waals surface area contributed by atoms with E-state index in [0.717, 1.165) is 23.1 Å². The Hall–Kier alpha value is -3.31. The Balaban J connectivity index is 1.55. The largest absolute Gasteiger partial charge is 0.304 e. The molecule has 0 saturated carbocycles. The van der Waals surface area contributed by atoms with Gasteiger partial charge in [0.1, 0.15) is 5.69 Å². The number of nitrogens with one attached hydrogen (secondary N) is 1. The van der Waals surface area contributed by atoms with Crippen LogP contribution >= 0.6 is 0 Å². The van der Waals surface area contributed by atoms with Crippen LogP contribution in [0.3, 0.4) is 0 Å². The second-order valence-corrected chi connectivity index (χ2v) is 8.04. The smallest absolute Gasteiger partial charge is 0.241 e. The minimum Gasteiger partial charge on any atom is -0.304 e. The number of rotatable bonds is 6. The standard InChI is InChI=1S/C26H27N3O2/c1-4-19-8-6-10-21(12-19)22-13-23-25(28-15-22)26(31)18(3)29(23)24(30)16-27-14-20-9-5-7-17(2)11-20/h5-13,15,18,27H,4,14,16H2,1-3H3. The molecule has 1 unspecified atom stereocenters. The minimum atomic E-state index is -0.548. The first kappa shape index (κ1) is 20.9. The van der Waals surface area contributed by atoms with Crippen LogP contribution in [0.2, 0.25) is 0 Å². The second-order valence-electron chi connectivity index (χ2n) is 8.04. The summed E-state index contributed by atoms with van der Waals surface area (Å²) >= 11 is 0. The van der Waals surface area contributed by atoms with Crippen molar-refractivity contribution in [3.63, 3.8) is 0 Å². The van der Waals surface area contributed by atoms with Crippen LogP contribution in [-0.2, 0) is 17.8 Å². The number of fused-ring (bicyclic) bond motifs is 1. The highest BCUT2D eigenvalue weighted by Gasteiger charge is 2.39. The van der Waals surface area contributed by atoms with Gasteiger partial charge in [-0.15, -0.1) is 0 Å². The molecule has 158 valence electrons. The fourth-order valence-corrected chi connectivity index (χ4v) is 4.05. The lowest BCUT2D eigenvalue weighted by atomic mass is 10.0. The second kappa shape index (κ2) is 8.82. The van der Waals surface area contributed by atoms with Crippen molar-refractivity contribution in [3.05, 3.63) is 83.2 Å². The summed E-state index contributed by atoms with van der Waals surface area (Å²) in [6.07, 6.45) is 2.67. The van der Waals surface area contributed by atoms with Gasteiger partial charge in [0.2, 0.25) is 11.7 Å². The van der Waals surface area contributed by atoms with E-state index in [1.165, 1.54) is 11.1 Å². The molecule has 4 rings (SSSR count). The van der Waals surface area contributed by atoms with Crippen molar-refractivity contribution in [3.8, 4) is 11.1 Å². The zero-order chi connectivity index (χ0) is 22.0. The predicted octanol–water partition coefficient (Wildman–Crippen LogP) is 4.33. The van der Waals surface area contributed by atoms with Crippen LogP contribution in [0.5, 0.6) is 0 Å². The predicted molar refractivity (Wildman–Crippen MR) is 123 cm³/mol. The van der Waals surface area contributed by atoms with Gasteiger partial charge in [0.25, 0.3) is 0 Å². The first-order valence-electron chi connectivity index (χ1n) is 10.7. The quantitative estimate of drug-likeness (QED) is 0.654. The van der Waals surface area contributed by atoms with Crippen molar-refractivity contribution in [2.75, 3.05) is 11.4 Å². The van der Waals surface area contributed by atoms with Crippen LogP contribution in [-0.4, -0.2) is 29.3 Å². The monoisotopic (exact) mass is 413 g/mol. The normalized spacial score (nSPS) is 15.3. The molecule has 1 aliphatic rings. The third kappa shape index (κ3) is 4.28. The Morgan fingerprint density at radius 3 is 2.61 bits per heavy atom. The number of Topliss-reactive ketones (excluding diaryl/α,β-unsaturated/α-hetero) is 1. The summed E-state index contributed by atoms with van der Waals surface area (Å²) in [5, 5.41) is 3.21. The molecule has 2 heterocycles. The third-order valence-corrected chi connectivity index (χ3v) is 5.75. The molecule has 5 heteroatoms. The van der Waals surface area contributed by atoms with Crippen molar-refractivity contribution in [2.45, 2.75) is 39.8 Å². The number of carbonyl (C=O) groups excluding carboxylic acids is 2. The number of benzene rings is 2. The highest BCUT2D eigenvalue weighted by Crippen LogP contribution is 2.34. The lowest BCUT2D eigenvalue weighted by Gasteiger charge is -2.22. The molecule has 5 nitrogen and oxygen atoms in total. The highest BCUT2D eigenvalue weighted by molar-refractivity contribution is 6.17. The van der Waals surface area contributed by atoms with E-state index in [4.69, 9.17) is 0 Å². The number of nitrogens with zero attached hydrogens (tertiary/aromatic N) is 2. The summed E-state index contributed by atoms with van der Waals surface area (Å²) in [4.78, 5) is 31.8. The van der Waals surface area contributed by atoms with Gasteiger partial charge in [0, 0.05) is 18.3 Å². The maximum absolute atomic E-state index is 13.1. The van der Waals surface area contributed by atoms with Crippen LogP contribution in [0, 0.1) is 6.92 Å². The molecule has 1 aliphatic heterocycles. The molecule has 1 N–H and O–H groups in total. The number of aryl methyl sites for hydroxylation is 2. The number of amides is 1. The Kier molecular flexibility index (Phi) is 5.96. The van der Waals surface area contributed by atoms with Crippen molar-refractivity contribution in [1.82, 2.24) is 10.3 Å². The average Bonchev–Trinajstić information content (AvgIpc) is 3.03. The van der Waals surface area contributed by atoms with Crippen LogP contribution in [0.15, 0.2) is 60.8 Å². The molecular formula is C26H27N3O2. The van der Waals surface area contributed by atoms with Crippen LogP contribution in [0.4, 0.5) is 5.69 Å². The molecule has 0 fully saturated rings. The van der Waals surface area contributed by atoms with Crippen molar-refractivity contribution < 1.29 is 9.59 Å². The maximum atomic E-state index is 13.1. The molecule has 0 spiro atoms. The zero-order valence-corrected chi connectivity index (χ0v) is 18.2. The number of anilines is 1. The van der Waals surface area contributed by atoms with Gasteiger partial charge in [0.15, 0.2) is 0 Å². The Morgan fingerprint density at radius 2 is 1.84 bits per heavy atom. The van der Waals surface area contributed by atoms with E-state index in [1.807, 2.05) is 43.3 Å². The summed E-state index contributed by atoms with van der Waals surface area (Å²) in [5.74, 6) is -0.246. The number of carbonyl (C=O) groups is 2. The molecule has 0 aliphatic carbocycles. The Morgan fingerprint density at radius 1 is 1.06 bits per heavy atom. The van der Waals surface area contributed by atoms with Gasteiger partial charge in [-0.25, -0.2) is 0 Å². The average molecular weight is 414 g/mol. The first-order valence-corrected chi connectivity index (χ1v) is 10.7. The van der Waals surface area contributed by atoms with Gasteiger partial charge in [-0.1, -0.05) is 61.0 Å². The number of hydrogen-bond donors (Lipinski definition) is 1. The first-order chi connectivity index (χ1) is 15.0. The molecule has 0 saturated heterocycles. The summed E-state index contributed by atoms with van der Waals surface area (Å²) in [6.45, 7) is 6.67. The molecule has 0 radical (unpaired) electrons. The number of hydrogen-bond acceptors (Lipinski definition) is 4. The third-order valence-electron chi connectivity index (χ3n) is 5.75. The lowest BCUT2D eigenvalue weighted by Crippen LogP contribution is -2.42. The molecule has 2 aromatic carbocycles. The van der Waals surface area contributed by atoms with Crippen LogP contribution < -0.4 is 10.2 Å². The Labute approximate surface area is 183 Å². The molecule has 3 aromatic rings. The van der Waals surface area contributed by atoms with Gasteiger partial charge in [-0.3, -0.25) is 19.5 Å². The van der Waals surface area contributed by atoms with E-state index in [2.05, 4.69) is 35.4 Å². The van der Waals surface area contributed by atoms with E-state index >= 15 is 0 Å². The molecule has 31 heavy (non-hydrogen) atoms. The van der Waals surface area contributed by atoms with Crippen molar-refractivity contribution in [1.29, 1.82) is 0 Å². The molecule has 1 aromatic heterocycles. The summed E-state index contributed by atoms with van der Waals surface area (Å²) in [6, 6.07) is 17.8. The molecular weight excluding hydrogens is 386 g/mol. The SMILES string of the molecule is CCc1cccc(-c2cnc3c(c2)N(C(=O)CNCc2cccc(C)c2)C(C)C3=O)c1. The number of ketones is 1. The number of aromatic nitrogens is 1. The van der Waals surface area contributed by atoms with Crippen molar-refractivity contribution in [2.24, 2.45) is 0 Å². The lowest BCUT2D eigenvalue weighted by molar-refractivity contribution is -0.118. The van der Waals surface area contributed by atoms with E-state index in [0.29, 0.717) is 17.9 Å². The maximum Gasteiger partial charge on any atom is 0.241 e. The van der Waals surface area contributed by atoms with Crippen molar-refractivity contribution >= 4 is 17.4 Å². The van der Waals surface area contributed by atoms with Gasteiger partial charge in [-0.2, -0.15) is 0 Å². The summed E-state index contributed by atoms with van der Waals surface area (Å²) in [5.41, 5.74) is 6.44. The van der Waals surface area contributed by atoms with Gasteiger partial charge >= 0.3 is 0 Å². The minimum absolute atomic E-state index is 0.115. The van der Waals surface area contributed by atoms with E-state index in [-0.39, 0.29) is 18.2 Å². The zero-order valence-electron chi connectivity index (χ0n) is 18.2. The van der Waals surface area contributed by atoms with E-state index in [9.17, 15) is 9.59 Å². The number of pyridine rings is 1. The Bertz CT molecular complexity index is 1140. The topological polar surface area (TPSA) is 62.3 Å². The molecule has 1 atom stereocenters. The van der Waals surface area contributed by atoms with E-state index < -0.39 is 6.04 Å². The van der Waals surface area contributed by atoms with Gasteiger partial charge in [-0.05, 0) is 43.0 Å².